The van der Waals surface area contributed by atoms with Gasteiger partial charge in [0.2, 0.25) is 0 Å². The Bertz CT molecular complexity index is 1280. The molecule has 2 aromatic heterocycles. The quantitative estimate of drug-likeness (QED) is 0.245. The van der Waals surface area contributed by atoms with E-state index in [1.165, 1.54) is 18.4 Å². The normalized spacial score (nSPS) is 13.9. The first-order valence-corrected chi connectivity index (χ1v) is 12.6. The summed E-state index contributed by atoms with van der Waals surface area (Å²) in [5.74, 6) is 0.0596. The van der Waals surface area contributed by atoms with Crippen LogP contribution in [0.3, 0.4) is 0 Å². The molecule has 1 amide bonds. The van der Waals surface area contributed by atoms with Gasteiger partial charge in [0, 0.05) is 29.8 Å². The van der Waals surface area contributed by atoms with E-state index < -0.39 is 22.8 Å². The van der Waals surface area contributed by atoms with Crippen LogP contribution >= 0.6 is 0 Å². The van der Waals surface area contributed by atoms with E-state index in [9.17, 15) is 14.0 Å². The molecular weight excluding hydrogens is 487 g/mol. The molecule has 3 rings (SSSR count). The van der Waals surface area contributed by atoms with Gasteiger partial charge in [-0.25, -0.2) is 14.2 Å². The lowest BCUT2D eigenvalue weighted by Gasteiger charge is -2.34. The molecule has 38 heavy (non-hydrogen) atoms. The van der Waals surface area contributed by atoms with Crippen LogP contribution in [0.2, 0.25) is 0 Å². The highest BCUT2D eigenvalue weighted by Gasteiger charge is 2.37. The largest absolute Gasteiger partial charge is 0.444 e. The molecule has 0 fully saturated rings. The van der Waals surface area contributed by atoms with Crippen LogP contribution in [0, 0.1) is 5.82 Å². The number of carbonyl (C=O) groups excluding carboxylic acids is 2. The highest BCUT2D eigenvalue weighted by atomic mass is 19.1. The summed E-state index contributed by atoms with van der Waals surface area (Å²) in [7, 11) is 0. The van der Waals surface area contributed by atoms with Crippen molar-refractivity contribution in [3.8, 4) is 11.3 Å². The number of nitrogens with zero attached hydrogens (tertiary/aromatic N) is 3. The van der Waals surface area contributed by atoms with Gasteiger partial charge >= 0.3 is 6.09 Å². The van der Waals surface area contributed by atoms with Crippen LogP contribution in [0.25, 0.3) is 11.3 Å². The van der Waals surface area contributed by atoms with Crippen molar-refractivity contribution >= 4 is 11.9 Å². The number of hydrogen-bond donors (Lipinski definition) is 1. The zero-order valence-corrected chi connectivity index (χ0v) is 23.2. The van der Waals surface area contributed by atoms with Gasteiger partial charge in [0.1, 0.15) is 34.7 Å². The van der Waals surface area contributed by atoms with Crippen LogP contribution in [-0.2, 0) is 15.8 Å². The number of halogens is 1. The first kappa shape index (κ1) is 28.8. The Balaban J connectivity index is 1.94. The monoisotopic (exact) mass is 524 g/mol. The van der Waals surface area contributed by atoms with Gasteiger partial charge in [-0.1, -0.05) is 29.4 Å². The number of carbonyl (C=O) groups is 2. The molecule has 1 N–H and O–H groups in total. The molecular formula is C29H37FN4O4. The molecule has 0 spiro atoms. The molecule has 1 atom stereocenters. The van der Waals surface area contributed by atoms with Crippen molar-refractivity contribution in [1.29, 1.82) is 0 Å². The van der Waals surface area contributed by atoms with Crippen molar-refractivity contribution in [2.24, 2.45) is 0 Å². The van der Waals surface area contributed by atoms with Crippen molar-refractivity contribution in [2.45, 2.75) is 84.4 Å². The van der Waals surface area contributed by atoms with Crippen molar-refractivity contribution in [2.75, 3.05) is 0 Å². The van der Waals surface area contributed by atoms with Crippen molar-refractivity contribution in [3.05, 3.63) is 72.3 Å². The van der Waals surface area contributed by atoms with Crippen LogP contribution in [0.5, 0.6) is 0 Å². The molecule has 0 radical (unpaired) electrons. The molecule has 8 nitrogen and oxygen atoms in total. The van der Waals surface area contributed by atoms with E-state index in [-0.39, 0.29) is 18.0 Å². The fourth-order valence-electron chi connectivity index (χ4n) is 3.94. The number of hydrogen-bond acceptors (Lipinski definition) is 6. The molecule has 3 aromatic rings. The maximum atomic E-state index is 14.7. The second-order valence-corrected chi connectivity index (χ2v) is 11.5. The summed E-state index contributed by atoms with van der Waals surface area (Å²) in [6, 6.07) is 8.00. The third-order valence-electron chi connectivity index (χ3n) is 5.80. The molecule has 204 valence electrons. The van der Waals surface area contributed by atoms with Gasteiger partial charge in [-0.15, -0.1) is 0 Å². The maximum absolute atomic E-state index is 14.7. The lowest BCUT2D eigenvalue weighted by Crippen LogP contribution is -2.48. The molecule has 9 heteroatoms. The molecule has 0 saturated carbocycles. The predicted molar refractivity (Wildman–Crippen MR) is 143 cm³/mol. The summed E-state index contributed by atoms with van der Waals surface area (Å²) in [6.45, 7) is 13.3. The van der Waals surface area contributed by atoms with Gasteiger partial charge in [0.05, 0.1) is 5.69 Å². The average Bonchev–Trinajstić information content (AvgIpc) is 3.48. The number of allylic oxidation sites excluding steroid dienone is 1. The Labute approximate surface area is 223 Å². The summed E-state index contributed by atoms with van der Waals surface area (Å²) >= 11 is 0. The number of rotatable bonds is 9. The zero-order valence-electron chi connectivity index (χ0n) is 23.2. The van der Waals surface area contributed by atoms with Crippen molar-refractivity contribution < 1.29 is 23.2 Å². The van der Waals surface area contributed by atoms with Crippen molar-refractivity contribution in [3.63, 3.8) is 0 Å². The summed E-state index contributed by atoms with van der Waals surface area (Å²) in [4.78, 5) is 30.0. The lowest BCUT2D eigenvalue weighted by atomic mass is 9.94. The minimum atomic E-state index is -1.01. The van der Waals surface area contributed by atoms with Gasteiger partial charge in [0.25, 0.3) is 0 Å². The number of benzene rings is 1. The fraction of sp³-hybridized carbons (Fsp3) is 0.448. The number of alkyl carbamates (subject to hydrolysis) is 1. The molecule has 1 aromatic carbocycles. The zero-order chi connectivity index (χ0) is 28.1. The molecule has 0 bridgehead atoms. The van der Waals surface area contributed by atoms with Crippen LogP contribution in [0.1, 0.15) is 84.0 Å². The molecule has 0 saturated heterocycles. The molecule has 1 unspecified atom stereocenters. The molecule has 2 heterocycles. The second kappa shape index (κ2) is 11.3. The highest BCUT2D eigenvalue weighted by Crippen LogP contribution is 2.33. The van der Waals surface area contributed by atoms with Gasteiger partial charge in [-0.2, -0.15) is 0 Å². The standard InChI is InChI=1S/C29H37FN4O4/c1-27(2,3)34-19-23(20-13-10-11-14-21(20)30)31-25(34)29(7,32-26(36)38-28(4,5)6)17-12-8-9-15-24(35)22-16-18-37-33-22/h8,10-14,16,18-19H,9,15,17H2,1-7H3,(H,32,36). The summed E-state index contributed by atoms with van der Waals surface area (Å²) in [5.41, 5.74) is -0.990. The van der Waals surface area contributed by atoms with Gasteiger partial charge in [-0.3, -0.25) is 4.79 Å². The van der Waals surface area contributed by atoms with Gasteiger partial charge in [0.15, 0.2) is 5.78 Å². The fourth-order valence-corrected chi connectivity index (χ4v) is 3.94. The lowest BCUT2D eigenvalue weighted by molar-refractivity contribution is 0.0452. The number of nitrogens with one attached hydrogen (secondary N) is 1. The molecule has 0 aliphatic rings. The smallest absolute Gasteiger partial charge is 0.408 e. The van der Waals surface area contributed by atoms with Gasteiger partial charge in [-0.05, 0) is 73.4 Å². The Morgan fingerprint density at radius 2 is 1.79 bits per heavy atom. The van der Waals surface area contributed by atoms with E-state index in [1.807, 2.05) is 50.6 Å². The van der Waals surface area contributed by atoms with E-state index >= 15 is 0 Å². The summed E-state index contributed by atoms with van der Waals surface area (Å²) in [6.07, 6.45) is 7.48. The number of imidazole rings is 1. The maximum Gasteiger partial charge on any atom is 0.408 e. The Morgan fingerprint density at radius 3 is 2.39 bits per heavy atom. The minimum Gasteiger partial charge on any atom is -0.444 e. The number of ether oxygens (including phenoxy) is 1. The Kier molecular flexibility index (Phi) is 8.59. The van der Waals surface area contributed by atoms with Gasteiger partial charge < -0.3 is 19.1 Å². The predicted octanol–water partition coefficient (Wildman–Crippen LogP) is 6.78. The Morgan fingerprint density at radius 1 is 1.08 bits per heavy atom. The average molecular weight is 525 g/mol. The third kappa shape index (κ3) is 7.40. The first-order valence-electron chi connectivity index (χ1n) is 12.6. The second-order valence-electron chi connectivity index (χ2n) is 11.5. The molecule has 0 aliphatic carbocycles. The number of aromatic nitrogens is 3. The van der Waals surface area contributed by atoms with Crippen LogP contribution in [0.15, 0.2) is 59.5 Å². The van der Waals surface area contributed by atoms with E-state index in [1.54, 1.807) is 39.0 Å². The Hall–Kier alpha value is -3.75. The van der Waals surface area contributed by atoms with E-state index in [0.29, 0.717) is 35.6 Å². The van der Waals surface area contributed by atoms with E-state index in [2.05, 4.69) is 10.5 Å². The van der Waals surface area contributed by atoms with E-state index in [0.717, 1.165) is 0 Å². The van der Waals surface area contributed by atoms with Crippen LogP contribution in [-0.4, -0.2) is 32.2 Å². The highest BCUT2D eigenvalue weighted by molar-refractivity contribution is 5.93. The number of amides is 1. The SMILES string of the molecule is CC(C)(C)OC(=O)NC(C)(CC=CCCC(=O)c1ccon1)c1nc(-c2ccccc2F)cn1C(C)(C)C. The van der Waals surface area contributed by atoms with Crippen LogP contribution < -0.4 is 5.32 Å². The van der Waals surface area contributed by atoms with E-state index in [4.69, 9.17) is 14.2 Å². The topological polar surface area (TPSA) is 99.2 Å². The first-order chi connectivity index (χ1) is 17.7. The summed E-state index contributed by atoms with van der Waals surface area (Å²) < 4.78 is 26.9. The summed E-state index contributed by atoms with van der Waals surface area (Å²) in [5, 5.41) is 6.68. The molecule has 0 aliphatic heterocycles. The number of Topliss-reactive ketones (excluding diaryl/α,β-unsaturated/α-hetero) is 1. The number of ketones is 1. The van der Waals surface area contributed by atoms with Crippen molar-refractivity contribution in [1.82, 2.24) is 20.0 Å². The van der Waals surface area contributed by atoms with Crippen LogP contribution in [0.4, 0.5) is 9.18 Å². The minimum absolute atomic E-state index is 0.115. The third-order valence-corrected chi connectivity index (χ3v) is 5.80.